The number of nitrogens with one attached hydrogen (secondary N) is 2. The van der Waals surface area contributed by atoms with E-state index < -0.39 is 0 Å². The van der Waals surface area contributed by atoms with Crippen molar-refractivity contribution in [3.8, 4) is 0 Å². The molecule has 4 rings (SSSR count). The van der Waals surface area contributed by atoms with E-state index in [4.69, 9.17) is 4.74 Å². The number of fused-ring (bicyclic) bond motifs is 1. The van der Waals surface area contributed by atoms with Gasteiger partial charge in [0, 0.05) is 24.0 Å². The van der Waals surface area contributed by atoms with Crippen molar-refractivity contribution in [2.75, 3.05) is 23.8 Å². The summed E-state index contributed by atoms with van der Waals surface area (Å²) in [5, 5.41) is 6.36. The van der Waals surface area contributed by atoms with E-state index in [1.807, 2.05) is 18.2 Å². The molecule has 1 aliphatic rings. The second kappa shape index (κ2) is 7.28. The predicted octanol–water partition coefficient (Wildman–Crippen LogP) is 3.47. The highest BCUT2D eigenvalue weighted by Gasteiger charge is 2.11. The predicted molar refractivity (Wildman–Crippen MR) is 99.8 cm³/mol. The maximum absolute atomic E-state index is 12.2. The molecule has 2 amide bonds. The second-order valence-corrected chi connectivity index (χ2v) is 5.81. The lowest BCUT2D eigenvalue weighted by Crippen LogP contribution is -2.20. The van der Waals surface area contributed by atoms with Gasteiger partial charge < -0.3 is 10.1 Å². The number of benzene rings is 1. The first-order chi connectivity index (χ1) is 12.8. The summed E-state index contributed by atoms with van der Waals surface area (Å²) in [6.45, 7) is 1.38. The molecular weight excluding hydrogens is 330 g/mol. The van der Waals surface area contributed by atoms with Crippen LogP contribution in [0.4, 0.5) is 16.3 Å². The number of carbonyl (C=O) groups excluding carboxylic acids is 1. The third-order valence-corrected chi connectivity index (χ3v) is 4.13. The van der Waals surface area contributed by atoms with Crippen LogP contribution >= 0.6 is 0 Å². The zero-order chi connectivity index (χ0) is 17.8. The Labute approximate surface area is 150 Å². The molecule has 0 radical (unpaired) electrons. The first kappa shape index (κ1) is 16.2. The largest absolute Gasteiger partial charge is 0.377 e. The topological polar surface area (TPSA) is 89.0 Å². The van der Waals surface area contributed by atoms with Gasteiger partial charge in [-0.3, -0.25) is 15.3 Å². The first-order valence-electron chi connectivity index (χ1n) is 8.29. The van der Waals surface area contributed by atoms with Crippen molar-refractivity contribution < 1.29 is 9.53 Å². The van der Waals surface area contributed by atoms with Gasteiger partial charge in [-0.15, -0.1) is 0 Å². The molecule has 130 valence electrons. The van der Waals surface area contributed by atoms with E-state index in [0.717, 1.165) is 29.5 Å². The number of aromatic nitrogens is 3. The fourth-order valence-corrected chi connectivity index (χ4v) is 2.88. The molecular formula is C19H17N5O2. The average Bonchev–Trinajstić information content (AvgIpc) is 2.69. The van der Waals surface area contributed by atoms with Crippen LogP contribution in [0, 0.1) is 0 Å². The molecule has 3 heterocycles. The number of anilines is 2. The minimum absolute atomic E-state index is 0.380. The van der Waals surface area contributed by atoms with Crippen LogP contribution in [0.15, 0.2) is 55.1 Å². The number of amides is 2. The van der Waals surface area contributed by atoms with Crippen LogP contribution < -0.4 is 10.6 Å². The highest BCUT2D eigenvalue weighted by molar-refractivity contribution is 6.05. The number of carbonyl (C=O) groups is 1. The Kier molecular flexibility index (Phi) is 4.53. The van der Waals surface area contributed by atoms with Gasteiger partial charge in [-0.1, -0.05) is 18.2 Å². The number of pyridine rings is 1. The van der Waals surface area contributed by atoms with Crippen molar-refractivity contribution >= 4 is 34.0 Å². The Balaban J connectivity index is 1.57. The van der Waals surface area contributed by atoms with Crippen molar-refractivity contribution in [1.29, 1.82) is 0 Å². The van der Waals surface area contributed by atoms with Crippen LogP contribution in [-0.2, 0) is 4.74 Å². The molecule has 2 aromatic heterocycles. The van der Waals surface area contributed by atoms with Crippen molar-refractivity contribution in [1.82, 2.24) is 15.0 Å². The number of nitrogens with zero attached hydrogens (tertiary/aromatic N) is 3. The summed E-state index contributed by atoms with van der Waals surface area (Å²) in [6, 6.07) is 7.46. The lowest BCUT2D eigenvalue weighted by atomic mass is 10.00. The first-order valence-corrected chi connectivity index (χ1v) is 8.29. The zero-order valence-corrected chi connectivity index (χ0v) is 14.0. The molecule has 7 nitrogen and oxygen atoms in total. The van der Waals surface area contributed by atoms with E-state index >= 15 is 0 Å². The summed E-state index contributed by atoms with van der Waals surface area (Å²) in [4.78, 5) is 24.6. The van der Waals surface area contributed by atoms with Crippen LogP contribution in [0.1, 0.15) is 12.0 Å². The van der Waals surface area contributed by atoms with E-state index in [2.05, 4.69) is 31.7 Å². The van der Waals surface area contributed by atoms with Gasteiger partial charge in [-0.25, -0.2) is 9.78 Å². The van der Waals surface area contributed by atoms with Gasteiger partial charge in [0.05, 0.1) is 30.6 Å². The third kappa shape index (κ3) is 3.52. The summed E-state index contributed by atoms with van der Waals surface area (Å²) in [7, 11) is 0. The molecule has 1 aliphatic heterocycles. The molecule has 7 heteroatoms. The number of ether oxygens (including phenoxy) is 1. The molecule has 0 spiro atoms. The zero-order valence-electron chi connectivity index (χ0n) is 14.0. The van der Waals surface area contributed by atoms with Gasteiger partial charge in [0.15, 0.2) is 5.82 Å². The van der Waals surface area contributed by atoms with Gasteiger partial charge in [0.25, 0.3) is 0 Å². The van der Waals surface area contributed by atoms with E-state index in [9.17, 15) is 4.79 Å². The molecule has 0 atom stereocenters. The minimum atomic E-state index is -0.380. The van der Waals surface area contributed by atoms with Crippen LogP contribution in [0.2, 0.25) is 0 Å². The Bertz CT molecular complexity index is 972. The summed E-state index contributed by atoms with van der Waals surface area (Å²) in [6.07, 6.45) is 9.22. The fraction of sp³-hybridized carbons (Fsp3) is 0.158. The average molecular weight is 347 g/mol. The lowest BCUT2D eigenvalue weighted by Gasteiger charge is -2.15. The third-order valence-electron chi connectivity index (χ3n) is 4.13. The number of hydrogen-bond acceptors (Lipinski definition) is 5. The van der Waals surface area contributed by atoms with E-state index in [0.29, 0.717) is 18.1 Å². The number of hydrogen-bond donors (Lipinski definition) is 2. The Morgan fingerprint density at radius 1 is 1.08 bits per heavy atom. The van der Waals surface area contributed by atoms with E-state index in [-0.39, 0.29) is 6.03 Å². The highest BCUT2D eigenvalue weighted by atomic mass is 16.5. The van der Waals surface area contributed by atoms with Crippen molar-refractivity contribution in [3.63, 3.8) is 0 Å². The lowest BCUT2D eigenvalue weighted by molar-refractivity contribution is 0.161. The highest BCUT2D eigenvalue weighted by Crippen LogP contribution is 2.27. The molecule has 0 unspecified atom stereocenters. The van der Waals surface area contributed by atoms with Gasteiger partial charge >= 0.3 is 6.03 Å². The maximum Gasteiger partial charge on any atom is 0.324 e. The standard InChI is InChI=1S/C19H17N5O2/c25-19(24-18-12-20-7-8-22-18)23-16-3-6-21-17-11-14(1-2-15(16)17)13-4-9-26-10-5-13/h1-4,6-8,11-12H,5,9-10H2,(H2,21,22,23,24,25). The molecule has 0 aliphatic carbocycles. The molecule has 1 aromatic carbocycles. The SMILES string of the molecule is O=C(Nc1cnccn1)Nc1ccnc2cc(C3=CCOCC3)ccc12. The molecule has 0 saturated heterocycles. The second-order valence-electron chi connectivity index (χ2n) is 5.81. The monoisotopic (exact) mass is 347 g/mol. The van der Waals surface area contributed by atoms with Crippen molar-refractivity contribution in [3.05, 3.63) is 60.7 Å². The van der Waals surface area contributed by atoms with Crippen LogP contribution in [-0.4, -0.2) is 34.2 Å². The molecule has 3 aromatic rings. The Hall–Kier alpha value is -3.32. The Morgan fingerprint density at radius 3 is 2.85 bits per heavy atom. The van der Waals surface area contributed by atoms with Gasteiger partial charge in [-0.05, 0) is 29.7 Å². The summed E-state index contributed by atoms with van der Waals surface area (Å²) < 4.78 is 5.36. The number of rotatable bonds is 3. The van der Waals surface area contributed by atoms with Crippen LogP contribution in [0.5, 0.6) is 0 Å². The molecule has 2 N–H and O–H groups in total. The van der Waals surface area contributed by atoms with E-state index in [1.165, 1.54) is 18.0 Å². The molecule has 0 fully saturated rings. The summed E-state index contributed by atoms with van der Waals surface area (Å²) in [5.74, 6) is 0.386. The Morgan fingerprint density at radius 2 is 2.04 bits per heavy atom. The molecule has 0 bridgehead atoms. The van der Waals surface area contributed by atoms with Crippen LogP contribution in [0.3, 0.4) is 0 Å². The van der Waals surface area contributed by atoms with Crippen LogP contribution in [0.25, 0.3) is 16.5 Å². The summed E-state index contributed by atoms with van der Waals surface area (Å²) >= 11 is 0. The van der Waals surface area contributed by atoms with Gasteiger partial charge in [-0.2, -0.15) is 0 Å². The normalized spacial score (nSPS) is 13.9. The van der Waals surface area contributed by atoms with Crippen molar-refractivity contribution in [2.24, 2.45) is 0 Å². The van der Waals surface area contributed by atoms with E-state index in [1.54, 1.807) is 18.5 Å². The number of urea groups is 1. The fourth-order valence-electron chi connectivity index (χ4n) is 2.88. The van der Waals surface area contributed by atoms with Gasteiger partial charge in [0.2, 0.25) is 0 Å². The maximum atomic E-state index is 12.2. The molecule has 26 heavy (non-hydrogen) atoms. The minimum Gasteiger partial charge on any atom is -0.377 e. The van der Waals surface area contributed by atoms with Crippen molar-refractivity contribution in [2.45, 2.75) is 6.42 Å². The molecule has 0 saturated carbocycles. The van der Waals surface area contributed by atoms with Gasteiger partial charge in [0.1, 0.15) is 0 Å². The smallest absolute Gasteiger partial charge is 0.324 e. The summed E-state index contributed by atoms with van der Waals surface area (Å²) in [5.41, 5.74) is 3.91. The quantitative estimate of drug-likeness (QED) is 0.757.